The lowest BCUT2D eigenvalue weighted by Crippen LogP contribution is -2.16. The predicted molar refractivity (Wildman–Crippen MR) is 121 cm³/mol. The van der Waals surface area contributed by atoms with Gasteiger partial charge in [-0.25, -0.2) is 9.77 Å². The Morgan fingerprint density at radius 3 is 2.48 bits per heavy atom. The van der Waals surface area contributed by atoms with E-state index in [4.69, 9.17) is 17.0 Å². The number of hydrogen-bond donors (Lipinski definition) is 2. The maximum absolute atomic E-state index is 6.07. The molecule has 0 saturated carbocycles. The van der Waals surface area contributed by atoms with Gasteiger partial charge < -0.3 is 10.2 Å². The fraction of sp³-hybridized carbons (Fsp3) is 0.0909. The number of H-pyrrole nitrogens is 1. The van der Waals surface area contributed by atoms with Crippen LogP contribution in [0.15, 0.2) is 83.3 Å². The first kappa shape index (κ1) is 19.4. The summed E-state index contributed by atoms with van der Waals surface area (Å²) in [6.07, 6.45) is 0. The number of benzene rings is 3. The third kappa shape index (κ3) is 4.75. The average Bonchev–Trinajstić information content (AvgIpc) is 3.13. The van der Waals surface area contributed by atoms with Crippen LogP contribution in [0.4, 0.5) is 0 Å². The standard InChI is InChI=1S/C22H19BrN4OS/c23-19-11-12-20(28-15-16-7-3-1-4-8-16)18(13-19)14-24-27-21(25-26-22(27)29)17-9-5-2-6-10-17/h1-13,24H,14-15H2,(H,26,29). The molecule has 0 bridgehead atoms. The lowest BCUT2D eigenvalue weighted by atomic mass is 10.2. The molecule has 146 valence electrons. The average molecular weight is 467 g/mol. The Balaban J connectivity index is 1.54. The molecule has 3 aromatic carbocycles. The number of aromatic amines is 1. The van der Waals surface area contributed by atoms with Crippen molar-refractivity contribution in [1.29, 1.82) is 0 Å². The zero-order valence-electron chi connectivity index (χ0n) is 15.5. The van der Waals surface area contributed by atoms with Gasteiger partial charge in [-0.3, -0.25) is 0 Å². The molecule has 0 aliphatic heterocycles. The molecule has 0 saturated heterocycles. The van der Waals surface area contributed by atoms with Gasteiger partial charge in [-0.05, 0) is 36.0 Å². The predicted octanol–water partition coefficient (Wildman–Crippen LogP) is 5.69. The van der Waals surface area contributed by atoms with Crippen LogP contribution in [0.25, 0.3) is 11.4 Å². The van der Waals surface area contributed by atoms with E-state index in [0.717, 1.165) is 32.7 Å². The van der Waals surface area contributed by atoms with Crippen LogP contribution in [-0.4, -0.2) is 14.9 Å². The van der Waals surface area contributed by atoms with Crippen molar-refractivity contribution in [3.8, 4) is 17.1 Å². The molecule has 4 rings (SSSR count). The van der Waals surface area contributed by atoms with Crippen LogP contribution in [0.3, 0.4) is 0 Å². The van der Waals surface area contributed by atoms with E-state index in [1.807, 2.05) is 78.9 Å². The summed E-state index contributed by atoms with van der Waals surface area (Å²) in [6.45, 7) is 1.03. The van der Waals surface area contributed by atoms with Crippen molar-refractivity contribution < 1.29 is 4.74 Å². The molecule has 0 aliphatic rings. The molecule has 29 heavy (non-hydrogen) atoms. The van der Waals surface area contributed by atoms with Gasteiger partial charge in [0.2, 0.25) is 4.77 Å². The molecule has 0 aliphatic carbocycles. The second kappa shape index (κ2) is 9.07. The van der Waals surface area contributed by atoms with Gasteiger partial charge in [0.15, 0.2) is 5.82 Å². The molecule has 0 unspecified atom stereocenters. The monoisotopic (exact) mass is 466 g/mol. The topological polar surface area (TPSA) is 54.9 Å². The van der Waals surface area contributed by atoms with Crippen LogP contribution < -0.4 is 10.2 Å². The van der Waals surface area contributed by atoms with Gasteiger partial charge in [-0.2, -0.15) is 5.10 Å². The van der Waals surface area contributed by atoms with Crippen molar-refractivity contribution in [2.75, 3.05) is 5.43 Å². The number of rotatable bonds is 7. The van der Waals surface area contributed by atoms with Gasteiger partial charge in [0.1, 0.15) is 12.4 Å². The van der Waals surface area contributed by atoms with E-state index in [-0.39, 0.29) is 0 Å². The highest BCUT2D eigenvalue weighted by atomic mass is 79.9. The summed E-state index contributed by atoms with van der Waals surface area (Å²) in [4.78, 5) is 0. The Hall–Kier alpha value is -2.90. The van der Waals surface area contributed by atoms with Gasteiger partial charge in [0.05, 0.1) is 6.54 Å². The number of halogens is 1. The lowest BCUT2D eigenvalue weighted by Gasteiger charge is -2.15. The first-order valence-corrected chi connectivity index (χ1v) is 10.3. The second-order valence-electron chi connectivity index (χ2n) is 6.42. The van der Waals surface area contributed by atoms with Crippen molar-refractivity contribution in [3.63, 3.8) is 0 Å². The molecule has 1 aromatic heterocycles. The number of nitrogens with one attached hydrogen (secondary N) is 2. The van der Waals surface area contributed by atoms with Gasteiger partial charge in [-0.15, -0.1) is 0 Å². The third-order valence-electron chi connectivity index (χ3n) is 4.39. The molecular weight excluding hydrogens is 448 g/mol. The molecule has 7 heteroatoms. The van der Waals surface area contributed by atoms with Crippen molar-refractivity contribution >= 4 is 28.1 Å². The summed E-state index contributed by atoms with van der Waals surface area (Å²) in [5.41, 5.74) is 6.47. The van der Waals surface area contributed by atoms with Crippen LogP contribution in [0, 0.1) is 4.77 Å². The molecule has 0 radical (unpaired) electrons. The third-order valence-corrected chi connectivity index (χ3v) is 5.16. The SMILES string of the molecule is S=c1[nH]nc(-c2ccccc2)n1NCc1cc(Br)ccc1OCc1ccccc1. The Morgan fingerprint density at radius 2 is 1.72 bits per heavy atom. The largest absolute Gasteiger partial charge is 0.489 e. The minimum atomic E-state index is 0.505. The van der Waals surface area contributed by atoms with E-state index in [1.165, 1.54) is 0 Å². The van der Waals surface area contributed by atoms with Crippen LogP contribution in [0.1, 0.15) is 11.1 Å². The fourth-order valence-electron chi connectivity index (χ4n) is 2.95. The number of nitrogens with zero attached hydrogens (tertiary/aromatic N) is 2. The summed E-state index contributed by atoms with van der Waals surface area (Å²) in [6, 6.07) is 26.0. The molecule has 0 atom stereocenters. The van der Waals surface area contributed by atoms with Crippen molar-refractivity contribution in [2.24, 2.45) is 0 Å². The first-order chi connectivity index (χ1) is 14.2. The summed E-state index contributed by atoms with van der Waals surface area (Å²) >= 11 is 8.95. The van der Waals surface area contributed by atoms with E-state index < -0.39 is 0 Å². The first-order valence-electron chi connectivity index (χ1n) is 9.12. The highest BCUT2D eigenvalue weighted by molar-refractivity contribution is 9.10. The van der Waals surface area contributed by atoms with Crippen LogP contribution in [0.2, 0.25) is 0 Å². The number of aromatic nitrogens is 3. The number of hydrogen-bond acceptors (Lipinski definition) is 4. The molecule has 1 heterocycles. The van der Waals surface area contributed by atoms with Crippen molar-refractivity contribution in [2.45, 2.75) is 13.2 Å². The van der Waals surface area contributed by atoms with Crippen molar-refractivity contribution in [1.82, 2.24) is 14.9 Å². The Labute approximate surface area is 182 Å². The maximum atomic E-state index is 6.07. The zero-order valence-corrected chi connectivity index (χ0v) is 17.9. The normalized spacial score (nSPS) is 10.7. The van der Waals surface area contributed by atoms with E-state index in [2.05, 4.69) is 31.6 Å². The lowest BCUT2D eigenvalue weighted by molar-refractivity contribution is 0.303. The summed E-state index contributed by atoms with van der Waals surface area (Å²) in [5.74, 6) is 1.55. The van der Waals surface area contributed by atoms with E-state index in [9.17, 15) is 0 Å². The molecule has 4 aromatic rings. The minimum absolute atomic E-state index is 0.505. The van der Waals surface area contributed by atoms with Gasteiger partial charge in [-0.1, -0.05) is 76.6 Å². The molecular formula is C22H19BrN4OS. The Morgan fingerprint density at radius 1 is 1.00 bits per heavy atom. The maximum Gasteiger partial charge on any atom is 0.214 e. The van der Waals surface area contributed by atoms with Gasteiger partial charge in [0, 0.05) is 15.6 Å². The molecule has 2 N–H and O–H groups in total. The van der Waals surface area contributed by atoms with Crippen LogP contribution in [-0.2, 0) is 13.2 Å². The minimum Gasteiger partial charge on any atom is -0.489 e. The van der Waals surface area contributed by atoms with Crippen LogP contribution in [0.5, 0.6) is 5.75 Å². The molecule has 0 spiro atoms. The number of ether oxygens (including phenoxy) is 1. The van der Waals surface area contributed by atoms with Crippen molar-refractivity contribution in [3.05, 3.63) is 99.2 Å². The summed E-state index contributed by atoms with van der Waals surface area (Å²) in [5, 5.41) is 7.21. The molecule has 0 fully saturated rings. The summed E-state index contributed by atoms with van der Waals surface area (Å²) in [7, 11) is 0. The highest BCUT2D eigenvalue weighted by Crippen LogP contribution is 2.25. The zero-order chi connectivity index (χ0) is 20.1. The Kier molecular flexibility index (Phi) is 6.07. The summed E-state index contributed by atoms with van der Waals surface area (Å²) < 4.78 is 9.35. The van der Waals surface area contributed by atoms with E-state index in [1.54, 1.807) is 4.68 Å². The van der Waals surface area contributed by atoms with E-state index >= 15 is 0 Å². The van der Waals surface area contributed by atoms with Crippen LogP contribution >= 0.6 is 28.1 Å². The van der Waals surface area contributed by atoms with Gasteiger partial charge >= 0.3 is 0 Å². The fourth-order valence-corrected chi connectivity index (χ4v) is 3.56. The smallest absolute Gasteiger partial charge is 0.214 e. The van der Waals surface area contributed by atoms with E-state index in [0.29, 0.717) is 17.9 Å². The second-order valence-corrected chi connectivity index (χ2v) is 7.72. The highest BCUT2D eigenvalue weighted by Gasteiger charge is 2.10. The quantitative estimate of drug-likeness (QED) is 0.343. The Bertz CT molecular complexity index is 1140. The molecule has 5 nitrogen and oxygen atoms in total. The van der Waals surface area contributed by atoms with Gasteiger partial charge in [0.25, 0.3) is 0 Å². The molecule has 0 amide bonds.